The van der Waals surface area contributed by atoms with Crippen LogP contribution < -0.4 is 5.32 Å². The molecule has 0 unspecified atom stereocenters. The van der Waals surface area contributed by atoms with Crippen molar-refractivity contribution in [2.45, 2.75) is 13.8 Å². The summed E-state index contributed by atoms with van der Waals surface area (Å²) in [5, 5.41) is 12.9. The molecule has 0 bridgehead atoms. The fourth-order valence-electron chi connectivity index (χ4n) is 3.75. The highest BCUT2D eigenvalue weighted by atomic mass is 32.2. The monoisotopic (exact) mass is 494 g/mol. The Kier molecular flexibility index (Phi) is 6.52. The van der Waals surface area contributed by atoms with Crippen LogP contribution in [-0.4, -0.2) is 38.0 Å². The Bertz CT molecular complexity index is 1410. The summed E-state index contributed by atoms with van der Waals surface area (Å²) in [6.45, 7) is 3.06. The van der Waals surface area contributed by atoms with E-state index in [0.717, 1.165) is 10.6 Å². The molecule has 2 aromatic carbocycles. The summed E-state index contributed by atoms with van der Waals surface area (Å²) in [4.78, 5) is 49.2. The van der Waals surface area contributed by atoms with Crippen molar-refractivity contribution in [3.8, 4) is 5.69 Å². The number of rotatable bonds is 6. The minimum absolute atomic E-state index is 0.0476. The second-order valence-corrected chi connectivity index (χ2v) is 8.73. The van der Waals surface area contributed by atoms with E-state index in [9.17, 15) is 28.9 Å². The Morgan fingerprint density at radius 3 is 2.60 bits per heavy atom. The fraction of sp³-hybridized carbons (Fsp3) is 0.125. The molecule has 11 heteroatoms. The number of hydrogen-bond donors (Lipinski definition) is 1. The van der Waals surface area contributed by atoms with Gasteiger partial charge < -0.3 is 9.88 Å². The molecule has 3 aromatic rings. The van der Waals surface area contributed by atoms with Crippen LogP contribution in [0.2, 0.25) is 0 Å². The lowest BCUT2D eigenvalue weighted by atomic mass is 10.2. The van der Waals surface area contributed by atoms with Gasteiger partial charge in [0.25, 0.3) is 16.8 Å². The number of halogens is 1. The predicted octanol–water partition coefficient (Wildman–Crippen LogP) is 4.82. The molecular formula is C24H19FN4O5S. The van der Waals surface area contributed by atoms with Gasteiger partial charge in [0.15, 0.2) is 0 Å². The maximum atomic E-state index is 13.8. The van der Waals surface area contributed by atoms with Gasteiger partial charge in [-0.1, -0.05) is 18.2 Å². The number of anilines is 1. The number of benzene rings is 2. The number of aromatic nitrogens is 1. The number of amides is 3. The van der Waals surface area contributed by atoms with Gasteiger partial charge in [-0.3, -0.25) is 29.4 Å². The fourth-order valence-corrected chi connectivity index (χ4v) is 4.58. The molecule has 3 amide bonds. The number of non-ortho nitro benzene ring substituents is 1. The molecule has 1 fully saturated rings. The van der Waals surface area contributed by atoms with Gasteiger partial charge in [0.1, 0.15) is 12.4 Å². The van der Waals surface area contributed by atoms with Crippen LogP contribution in [0.5, 0.6) is 0 Å². The first-order chi connectivity index (χ1) is 16.7. The third-order valence-corrected chi connectivity index (χ3v) is 6.29. The highest BCUT2D eigenvalue weighted by Gasteiger charge is 2.36. The van der Waals surface area contributed by atoms with Crippen LogP contribution in [0.25, 0.3) is 11.8 Å². The molecule has 4 rings (SSSR count). The Morgan fingerprint density at radius 1 is 1.14 bits per heavy atom. The van der Waals surface area contributed by atoms with Crippen molar-refractivity contribution in [2.24, 2.45) is 0 Å². The molecule has 0 aliphatic carbocycles. The SMILES string of the molecule is Cc1cc(/C=C2\SC(=O)N(CC(=O)Nc3ccccc3F)C2=O)c(C)n1-c1cccc([N+](=O)[O-])c1. The number of nitrogens with one attached hydrogen (secondary N) is 1. The number of carbonyl (C=O) groups excluding carboxylic acids is 3. The third-order valence-electron chi connectivity index (χ3n) is 5.38. The standard InChI is InChI=1S/C24H19FN4O5S/c1-14-10-16(15(2)28(14)17-6-5-7-18(12-17)29(33)34)11-21-23(31)27(24(32)35-21)13-22(30)26-20-9-4-3-8-19(20)25/h3-12H,13H2,1-2H3,(H,26,30)/b21-11-. The maximum Gasteiger partial charge on any atom is 0.294 e. The van der Waals surface area contributed by atoms with Crippen LogP contribution in [0.15, 0.2) is 59.5 Å². The third kappa shape index (κ3) is 4.85. The van der Waals surface area contributed by atoms with Crippen LogP contribution in [-0.2, 0) is 9.59 Å². The van der Waals surface area contributed by atoms with Crippen molar-refractivity contribution in [2.75, 3.05) is 11.9 Å². The molecule has 0 spiro atoms. The van der Waals surface area contributed by atoms with Gasteiger partial charge in [-0.25, -0.2) is 4.39 Å². The largest absolute Gasteiger partial charge is 0.322 e. The van der Waals surface area contributed by atoms with Crippen LogP contribution in [0.1, 0.15) is 17.0 Å². The van der Waals surface area contributed by atoms with Crippen molar-refractivity contribution < 1.29 is 23.7 Å². The number of imide groups is 1. The van der Waals surface area contributed by atoms with Gasteiger partial charge in [0, 0.05) is 23.5 Å². The predicted molar refractivity (Wildman–Crippen MR) is 130 cm³/mol. The zero-order valence-corrected chi connectivity index (χ0v) is 19.5. The lowest BCUT2D eigenvalue weighted by Crippen LogP contribution is -2.36. The topological polar surface area (TPSA) is 115 Å². The second-order valence-electron chi connectivity index (χ2n) is 7.73. The van der Waals surface area contributed by atoms with Crippen molar-refractivity contribution >= 4 is 46.3 Å². The van der Waals surface area contributed by atoms with Crippen LogP contribution in [0.3, 0.4) is 0 Å². The molecule has 2 heterocycles. The molecule has 1 aliphatic rings. The van der Waals surface area contributed by atoms with E-state index in [1.807, 2.05) is 11.5 Å². The first-order valence-corrected chi connectivity index (χ1v) is 11.2. The minimum Gasteiger partial charge on any atom is -0.322 e. The molecule has 178 valence electrons. The normalized spacial score (nSPS) is 14.6. The Labute approximate surface area is 203 Å². The van der Waals surface area contributed by atoms with Crippen LogP contribution in [0.4, 0.5) is 20.6 Å². The Balaban J connectivity index is 1.55. The van der Waals surface area contributed by atoms with Crippen molar-refractivity contribution in [3.05, 3.63) is 92.4 Å². The highest BCUT2D eigenvalue weighted by Crippen LogP contribution is 2.34. The molecule has 0 saturated carbocycles. The maximum absolute atomic E-state index is 13.8. The Morgan fingerprint density at radius 2 is 1.89 bits per heavy atom. The number of aryl methyl sites for hydroxylation is 1. The molecule has 1 saturated heterocycles. The quantitative estimate of drug-likeness (QED) is 0.299. The van der Waals surface area contributed by atoms with Gasteiger partial charge in [0.05, 0.1) is 21.2 Å². The van der Waals surface area contributed by atoms with E-state index in [2.05, 4.69) is 5.32 Å². The van der Waals surface area contributed by atoms with Gasteiger partial charge in [-0.2, -0.15) is 0 Å². The molecule has 0 atom stereocenters. The number of nitrogens with zero attached hydrogens (tertiary/aromatic N) is 3. The van der Waals surface area contributed by atoms with E-state index in [1.54, 1.807) is 37.3 Å². The van der Waals surface area contributed by atoms with E-state index < -0.39 is 34.3 Å². The summed E-state index contributed by atoms with van der Waals surface area (Å²) >= 11 is 0.700. The highest BCUT2D eigenvalue weighted by molar-refractivity contribution is 8.18. The summed E-state index contributed by atoms with van der Waals surface area (Å²) in [5.41, 5.74) is 2.63. The minimum atomic E-state index is -0.706. The first-order valence-electron chi connectivity index (χ1n) is 10.4. The number of thioether (sulfide) groups is 1. The van der Waals surface area contributed by atoms with Crippen molar-refractivity contribution in [1.29, 1.82) is 0 Å². The van der Waals surface area contributed by atoms with E-state index in [4.69, 9.17) is 0 Å². The summed E-state index contributed by atoms with van der Waals surface area (Å²) in [6, 6.07) is 13.5. The summed E-state index contributed by atoms with van der Waals surface area (Å²) in [5.74, 6) is -1.97. The zero-order valence-electron chi connectivity index (χ0n) is 18.6. The second kappa shape index (κ2) is 9.55. The zero-order chi connectivity index (χ0) is 25.3. The number of nitro groups is 1. The van der Waals surface area contributed by atoms with Gasteiger partial charge >= 0.3 is 0 Å². The molecule has 0 radical (unpaired) electrons. The average Bonchev–Trinajstić information content (AvgIpc) is 3.24. The van der Waals surface area contributed by atoms with E-state index >= 15 is 0 Å². The number of hydrogen-bond acceptors (Lipinski definition) is 6. The van der Waals surface area contributed by atoms with E-state index in [-0.39, 0.29) is 16.3 Å². The average molecular weight is 495 g/mol. The molecule has 1 aliphatic heterocycles. The first kappa shape index (κ1) is 23.9. The van der Waals surface area contributed by atoms with E-state index in [1.165, 1.54) is 30.3 Å². The van der Waals surface area contributed by atoms with Gasteiger partial charge in [-0.15, -0.1) is 0 Å². The number of nitro benzene ring substituents is 1. The number of para-hydroxylation sites is 1. The summed E-state index contributed by atoms with van der Waals surface area (Å²) < 4.78 is 15.6. The van der Waals surface area contributed by atoms with Crippen LogP contribution in [0, 0.1) is 29.8 Å². The lowest BCUT2D eigenvalue weighted by molar-refractivity contribution is -0.384. The van der Waals surface area contributed by atoms with Gasteiger partial charge in [0.2, 0.25) is 5.91 Å². The van der Waals surface area contributed by atoms with Crippen molar-refractivity contribution in [1.82, 2.24) is 9.47 Å². The van der Waals surface area contributed by atoms with Crippen molar-refractivity contribution in [3.63, 3.8) is 0 Å². The molecule has 9 nitrogen and oxygen atoms in total. The molecular weight excluding hydrogens is 475 g/mol. The summed E-state index contributed by atoms with van der Waals surface area (Å²) in [6.07, 6.45) is 1.55. The smallest absolute Gasteiger partial charge is 0.294 e. The molecule has 1 aromatic heterocycles. The lowest BCUT2D eigenvalue weighted by Gasteiger charge is -2.12. The Hall–Kier alpha value is -4.25. The molecule has 35 heavy (non-hydrogen) atoms. The van der Waals surface area contributed by atoms with E-state index in [0.29, 0.717) is 28.7 Å². The van der Waals surface area contributed by atoms with Gasteiger partial charge in [-0.05, 0) is 61.5 Å². The molecule has 1 N–H and O–H groups in total. The van der Waals surface area contributed by atoms with Crippen LogP contribution >= 0.6 is 11.8 Å². The summed E-state index contributed by atoms with van der Waals surface area (Å²) in [7, 11) is 0. The number of carbonyl (C=O) groups is 3.